The van der Waals surface area contributed by atoms with Crippen molar-refractivity contribution in [3.8, 4) is 5.75 Å². The first-order valence-corrected chi connectivity index (χ1v) is 6.20. The maximum atomic E-state index is 11.3. The summed E-state index contributed by atoms with van der Waals surface area (Å²) in [5.74, 6) is 0.926. The SMILES string of the molecule is COc1ccc(N2CCOCC2)cc1CC(C)=O. The summed E-state index contributed by atoms with van der Waals surface area (Å²) in [6, 6.07) is 6.02. The molecule has 1 aromatic carbocycles. The van der Waals surface area contributed by atoms with Crippen LogP contribution >= 0.6 is 0 Å². The van der Waals surface area contributed by atoms with E-state index < -0.39 is 0 Å². The van der Waals surface area contributed by atoms with Crippen molar-refractivity contribution >= 4 is 11.5 Å². The molecular formula is C14H19NO3. The van der Waals surface area contributed by atoms with Gasteiger partial charge in [-0.25, -0.2) is 0 Å². The summed E-state index contributed by atoms with van der Waals surface area (Å²) in [5.41, 5.74) is 2.09. The van der Waals surface area contributed by atoms with Gasteiger partial charge in [0.2, 0.25) is 0 Å². The Bertz CT molecular complexity index is 425. The number of morpholine rings is 1. The lowest BCUT2D eigenvalue weighted by molar-refractivity contribution is -0.116. The van der Waals surface area contributed by atoms with Gasteiger partial charge in [0.25, 0.3) is 0 Å². The molecule has 0 saturated carbocycles. The fourth-order valence-electron chi connectivity index (χ4n) is 2.19. The van der Waals surface area contributed by atoms with E-state index in [9.17, 15) is 4.79 Å². The number of rotatable bonds is 4. The maximum Gasteiger partial charge on any atom is 0.134 e. The second kappa shape index (κ2) is 5.87. The van der Waals surface area contributed by atoms with E-state index in [2.05, 4.69) is 4.90 Å². The van der Waals surface area contributed by atoms with E-state index in [1.54, 1.807) is 14.0 Å². The summed E-state index contributed by atoms with van der Waals surface area (Å²) in [6.45, 7) is 4.90. The van der Waals surface area contributed by atoms with Crippen LogP contribution < -0.4 is 9.64 Å². The van der Waals surface area contributed by atoms with Gasteiger partial charge < -0.3 is 14.4 Å². The number of nitrogens with zero attached hydrogens (tertiary/aromatic N) is 1. The molecule has 0 aromatic heterocycles. The van der Waals surface area contributed by atoms with Gasteiger partial charge in [-0.05, 0) is 25.1 Å². The molecule has 98 valence electrons. The highest BCUT2D eigenvalue weighted by molar-refractivity contribution is 5.79. The number of carbonyl (C=O) groups excluding carboxylic acids is 1. The summed E-state index contributed by atoms with van der Waals surface area (Å²) in [6.07, 6.45) is 0.418. The molecule has 4 nitrogen and oxygen atoms in total. The van der Waals surface area contributed by atoms with Crippen LogP contribution in [0.5, 0.6) is 5.75 Å². The first-order chi connectivity index (χ1) is 8.70. The third kappa shape index (κ3) is 3.01. The topological polar surface area (TPSA) is 38.8 Å². The number of Topliss-reactive ketones (excluding diaryl/α,β-unsaturated/α-hetero) is 1. The minimum atomic E-state index is 0.146. The lowest BCUT2D eigenvalue weighted by Gasteiger charge is -2.29. The highest BCUT2D eigenvalue weighted by Crippen LogP contribution is 2.26. The number of carbonyl (C=O) groups is 1. The van der Waals surface area contributed by atoms with Crippen LogP contribution in [-0.2, 0) is 16.0 Å². The van der Waals surface area contributed by atoms with Crippen molar-refractivity contribution in [2.24, 2.45) is 0 Å². The van der Waals surface area contributed by atoms with Crippen LogP contribution in [0.2, 0.25) is 0 Å². The average Bonchev–Trinajstić information content (AvgIpc) is 2.39. The zero-order valence-electron chi connectivity index (χ0n) is 10.9. The molecular weight excluding hydrogens is 230 g/mol. The van der Waals surface area contributed by atoms with Crippen molar-refractivity contribution in [2.75, 3.05) is 38.3 Å². The molecule has 1 fully saturated rings. The molecule has 4 heteroatoms. The molecule has 1 heterocycles. The summed E-state index contributed by atoms with van der Waals surface area (Å²) in [7, 11) is 1.63. The number of ketones is 1. The zero-order chi connectivity index (χ0) is 13.0. The largest absolute Gasteiger partial charge is 0.496 e. The highest BCUT2D eigenvalue weighted by atomic mass is 16.5. The van der Waals surface area contributed by atoms with Crippen molar-refractivity contribution < 1.29 is 14.3 Å². The Morgan fingerprint density at radius 2 is 2.11 bits per heavy atom. The predicted molar refractivity (Wildman–Crippen MR) is 70.4 cm³/mol. The van der Waals surface area contributed by atoms with Crippen LogP contribution in [0, 0.1) is 0 Å². The van der Waals surface area contributed by atoms with Crippen LogP contribution in [0.4, 0.5) is 5.69 Å². The molecule has 1 saturated heterocycles. The van der Waals surface area contributed by atoms with E-state index in [4.69, 9.17) is 9.47 Å². The van der Waals surface area contributed by atoms with Gasteiger partial charge in [0, 0.05) is 30.8 Å². The van der Waals surface area contributed by atoms with Crippen molar-refractivity contribution in [3.63, 3.8) is 0 Å². The molecule has 0 bridgehead atoms. The van der Waals surface area contributed by atoms with Crippen LogP contribution in [0.15, 0.2) is 18.2 Å². The Balaban J connectivity index is 2.23. The number of benzene rings is 1. The van der Waals surface area contributed by atoms with Gasteiger partial charge in [-0.15, -0.1) is 0 Å². The molecule has 0 atom stereocenters. The van der Waals surface area contributed by atoms with E-state index in [-0.39, 0.29) is 5.78 Å². The molecule has 0 radical (unpaired) electrons. The Morgan fingerprint density at radius 3 is 2.72 bits per heavy atom. The van der Waals surface area contributed by atoms with Gasteiger partial charge in [0.1, 0.15) is 11.5 Å². The van der Waals surface area contributed by atoms with Crippen molar-refractivity contribution in [2.45, 2.75) is 13.3 Å². The third-order valence-corrected chi connectivity index (χ3v) is 3.08. The molecule has 2 rings (SSSR count). The first-order valence-electron chi connectivity index (χ1n) is 6.20. The molecule has 0 N–H and O–H groups in total. The van der Waals surface area contributed by atoms with Crippen molar-refractivity contribution in [3.05, 3.63) is 23.8 Å². The van der Waals surface area contributed by atoms with Gasteiger partial charge in [-0.1, -0.05) is 0 Å². The zero-order valence-corrected chi connectivity index (χ0v) is 10.9. The Morgan fingerprint density at radius 1 is 1.39 bits per heavy atom. The standard InChI is InChI=1S/C14H19NO3/c1-11(16)9-12-10-13(3-4-14(12)17-2)15-5-7-18-8-6-15/h3-4,10H,5-9H2,1-2H3. The highest BCUT2D eigenvalue weighted by Gasteiger charge is 2.14. The van der Waals surface area contributed by atoms with Crippen LogP contribution in [0.1, 0.15) is 12.5 Å². The molecule has 0 aliphatic carbocycles. The molecule has 0 unspecified atom stereocenters. The molecule has 1 aromatic rings. The van der Waals surface area contributed by atoms with Crippen LogP contribution in [-0.4, -0.2) is 39.2 Å². The lowest BCUT2D eigenvalue weighted by atomic mass is 10.1. The number of methoxy groups -OCH3 is 1. The van der Waals surface area contributed by atoms with Crippen molar-refractivity contribution in [1.82, 2.24) is 0 Å². The second-order valence-corrected chi connectivity index (χ2v) is 4.47. The van der Waals surface area contributed by atoms with E-state index in [1.165, 1.54) is 0 Å². The second-order valence-electron chi connectivity index (χ2n) is 4.47. The number of hydrogen-bond donors (Lipinski definition) is 0. The number of hydrogen-bond acceptors (Lipinski definition) is 4. The normalized spacial score (nSPS) is 15.6. The van der Waals surface area contributed by atoms with E-state index in [0.717, 1.165) is 43.3 Å². The Labute approximate surface area is 107 Å². The summed E-state index contributed by atoms with van der Waals surface area (Å²) < 4.78 is 10.6. The van der Waals surface area contributed by atoms with Gasteiger partial charge in [0.05, 0.1) is 20.3 Å². The van der Waals surface area contributed by atoms with Gasteiger partial charge in [-0.3, -0.25) is 4.79 Å². The van der Waals surface area contributed by atoms with Crippen molar-refractivity contribution in [1.29, 1.82) is 0 Å². The molecule has 1 aliphatic heterocycles. The lowest BCUT2D eigenvalue weighted by Crippen LogP contribution is -2.36. The fraction of sp³-hybridized carbons (Fsp3) is 0.500. The molecule has 0 spiro atoms. The fourth-order valence-corrected chi connectivity index (χ4v) is 2.19. The minimum absolute atomic E-state index is 0.146. The summed E-state index contributed by atoms with van der Waals surface area (Å²) >= 11 is 0. The molecule has 18 heavy (non-hydrogen) atoms. The number of ether oxygens (including phenoxy) is 2. The Kier molecular flexibility index (Phi) is 4.20. The number of anilines is 1. The van der Waals surface area contributed by atoms with Crippen LogP contribution in [0.25, 0.3) is 0 Å². The summed E-state index contributed by atoms with van der Waals surface area (Å²) in [4.78, 5) is 13.6. The maximum absolute atomic E-state index is 11.3. The first kappa shape index (κ1) is 12.9. The average molecular weight is 249 g/mol. The monoisotopic (exact) mass is 249 g/mol. The Hall–Kier alpha value is -1.55. The van der Waals surface area contributed by atoms with Gasteiger partial charge in [0.15, 0.2) is 0 Å². The van der Waals surface area contributed by atoms with E-state index >= 15 is 0 Å². The minimum Gasteiger partial charge on any atom is -0.496 e. The predicted octanol–water partition coefficient (Wildman–Crippen LogP) is 1.66. The van der Waals surface area contributed by atoms with E-state index in [1.807, 2.05) is 18.2 Å². The van der Waals surface area contributed by atoms with E-state index in [0.29, 0.717) is 6.42 Å². The molecule has 1 aliphatic rings. The summed E-state index contributed by atoms with van der Waals surface area (Å²) in [5, 5.41) is 0. The molecule has 0 amide bonds. The van der Waals surface area contributed by atoms with Gasteiger partial charge in [-0.2, -0.15) is 0 Å². The smallest absolute Gasteiger partial charge is 0.134 e. The van der Waals surface area contributed by atoms with Gasteiger partial charge >= 0.3 is 0 Å². The van der Waals surface area contributed by atoms with Crippen LogP contribution in [0.3, 0.4) is 0 Å². The quantitative estimate of drug-likeness (QED) is 0.813. The third-order valence-electron chi connectivity index (χ3n) is 3.08.